The highest BCUT2D eigenvalue weighted by Gasteiger charge is 2.22. The molecule has 3 heterocycles. The summed E-state index contributed by atoms with van der Waals surface area (Å²) in [5.41, 5.74) is 0. The van der Waals surface area contributed by atoms with Crippen molar-refractivity contribution in [2.24, 2.45) is 0 Å². The SMILES string of the molecule is Cc1nc(NCCNC(=O)[C@@H]2CCCO2)cc(-n2cccn2)n1. The third-order valence-corrected chi connectivity index (χ3v) is 3.52. The molecular weight excluding hydrogens is 296 g/mol. The van der Waals surface area contributed by atoms with Crippen molar-refractivity contribution in [2.75, 3.05) is 25.0 Å². The number of amides is 1. The van der Waals surface area contributed by atoms with Crippen LogP contribution in [0.3, 0.4) is 0 Å². The van der Waals surface area contributed by atoms with Gasteiger partial charge in [-0.1, -0.05) is 0 Å². The van der Waals surface area contributed by atoms with E-state index in [4.69, 9.17) is 4.74 Å². The van der Waals surface area contributed by atoms with Crippen LogP contribution in [-0.2, 0) is 9.53 Å². The van der Waals surface area contributed by atoms with Crippen molar-refractivity contribution in [2.45, 2.75) is 25.9 Å². The minimum atomic E-state index is -0.289. The first-order valence-corrected chi connectivity index (χ1v) is 7.71. The second-order valence-corrected chi connectivity index (χ2v) is 5.33. The lowest BCUT2D eigenvalue weighted by molar-refractivity contribution is -0.129. The number of nitrogens with zero attached hydrogens (tertiary/aromatic N) is 4. The molecule has 2 aromatic rings. The fourth-order valence-electron chi connectivity index (χ4n) is 2.44. The molecule has 0 radical (unpaired) electrons. The summed E-state index contributed by atoms with van der Waals surface area (Å²) in [6.45, 7) is 3.59. The number of carbonyl (C=O) groups excluding carboxylic acids is 1. The average Bonchev–Trinajstić information content (AvgIpc) is 3.23. The number of rotatable bonds is 6. The molecule has 3 rings (SSSR count). The molecule has 1 fully saturated rings. The van der Waals surface area contributed by atoms with E-state index < -0.39 is 0 Å². The van der Waals surface area contributed by atoms with Gasteiger partial charge in [-0.3, -0.25) is 4.79 Å². The van der Waals surface area contributed by atoms with Crippen LogP contribution in [-0.4, -0.2) is 51.5 Å². The molecule has 122 valence electrons. The van der Waals surface area contributed by atoms with Crippen molar-refractivity contribution in [3.05, 3.63) is 30.4 Å². The Hall–Kier alpha value is -2.48. The monoisotopic (exact) mass is 316 g/mol. The number of anilines is 1. The van der Waals surface area contributed by atoms with Gasteiger partial charge in [-0.15, -0.1) is 0 Å². The Kier molecular flexibility index (Phi) is 4.82. The Bertz CT molecular complexity index is 652. The van der Waals surface area contributed by atoms with Crippen LogP contribution in [0.15, 0.2) is 24.5 Å². The highest BCUT2D eigenvalue weighted by atomic mass is 16.5. The molecule has 0 spiro atoms. The highest BCUT2D eigenvalue weighted by molar-refractivity contribution is 5.80. The summed E-state index contributed by atoms with van der Waals surface area (Å²) in [5, 5.41) is 10.2. The van der Waals surface area contributed by atoms with Crippen LogP contribution in [0.4, 0.5) is 5.82 Å². The molecule has 8 heteroatoms. The number of hydrogen-bond donors (Lipinski definition) is 2. The quantitative estimate of drug-likeness (QED) is 0.761. The maximum atomic E-state index is 11.8. The van der Waals surface area contributed by atoms with Gasteiger partial charge >= 0.3 is 0 Å². The summed E-state index contributed by atoms with van der Waals surface area (Å²) in [6.07, 6.45) is 4.99. The molecule has 1 amide bonds. The van der Waals surface area contributed by atoms with E-state index in [2.05, 4.69) is 25.7 Å². The van der Waals surface area contributed by atoms with Gasteiger partial charge in [0, 0.05) is 38.2 Å². The lowest BCUT2D eigenvalue weighted by Gasteiger charge is -2.12. The Balaban J connectivity index is 1.51. The molecule has 0 saturated carbocycles. The normalized spacial score (nSPS) is 17.2. The first-order valence-electron chi connectivity index (χ1n) is 7.71. The van der Waals surface area contributed by atoms with Crippen LogP contribution in [0.2, 0.25) is 0 Å². The minimum absolute atomic E-state index is 0.0413. The van der Waals surface area contributed by atoms with Gasteiger partial charge in [0.25, 0.3) is 0 Å². The van der Waals surface area contributed by atoms with Gasteiger partial charge in [-0.05, 0) is 25.8 Å². The van der Waals surface area contributed by atoms with E-state index in [9.17, 15) is 4.79 Å². The summed E-state index contributed by atoms with van der Waals surface area (Å²) < 4.78 is 7.02. The third-order valence-electron chi connectivity index (χ3n) is 3.52. The molecule has 2 N–H and O–H groups in total. The fourth-order valence-corrected chi connectivity index (χ4v) is 2.44. The largest absolute Gasteiger partial charge is 0.368 e. The van der Waals surface area contributed by atoms with Gasteiger partial charge in [-0.25, -0.2) is 14.6 Å². The van der Waals surface area contributed by atoms with Crippen LogP contribution in [0.5, 0.6) is 0 Å². The van der Waals surface area contributed by atoms with Gasteiger partial charge in [0.05, 0.1) is 0 Å². The molecule has 0 unspecified atom stereocenters. The van der Waals surface area contributed by atoms with E-state index in [-0.39, 0.29) is 12.0 Å². The standard InChI is InChI=1S/C15H20N6O2/c1-11-19-13(10-14(20-11)21-8-3-5-18-21)16-6-7-17-15(22)12-4-2-9-23-12/h3,5,8,10,12H,2,4,6-7,9H2,1H3,(H,17,22)(H,16,19,20)/t12-/m0/s1. The molecule has 1 saturated heterocycles. The van der Waals surface area contributed by atoms with Crippen molar-refractivity contribution >= 4 is 11.7 Å². The van der Waals surface area contributed by atoms with Crippen LogP contribution in [0.25, 0.3) is 5.82 Å². The third kappa shape index (κ3) is 4.04. The number of ether oxygens (including phenoxy) is 1. The maximum absolute atomic E-state index is 11.8. The Morgan fingerprint density at radius 3 is 3.09 bits per heavy atom. The minimum Gasteiger partial charge on any atom is -0.368 e. The Morgan fingerprint density at radius 1 is 1.43 bits per heavy atom. The van der Waals surface area contributed by atoms with Crippen LogP contribution in [0, 0.1) is 6.92 Å². The smallest absolute Gasteiger partial charge is 0.249 e. The van der Waals surface area contributed by atoms with Crippen molar-refractivity contribution < 1.29 is 9.53 Å². The van der Waals surface area contributed by atoms with Crippen LogP contribution >= 0.6 is 0 Å². The van der Waals surface area contributed by atoms with E-state index in [1.54, 1.807) is 10.9 Å². The van der Waals surface area contributed by atoms with Gasteiger partial charge in [-0.2, -0.15) is 5.10 Å². The summed E-state index contributed by atoms with van der Waals surface area (Å²) in [4.78, 5) is 20.5. The molecule has 0 aromatic carbocycles. The van der Waals surface area contributed by atoms with Gasteiger partial charge in [0.15, 0.2) is 5.82 Å². The molecule has 2 aromatic heterocycles. The van der Waals surface area contributed by atoms with Crippen molar-refractivity contribution in [1.29, 1.82) is 0 Å². The predicted molar refractivity (Wildman–Crippen MR) is 84.4 cm³/mol. The molecule has 23 heavy (non-hydrogen) atoms. The number of carbonyl (C=O) groups is 1. The van der Waals surface area contributed by atoms with E-state index in [1.165, 1.54) is 0 Å². The van der Waals surface area contributed by atoms with E-state index in [0.29, 0.717) is 37.2 Å². The predicted octanol–water partition coefficient (Wildman–Crippen LogP) is 0.678. The molecule has 1 atom stereocenters. The van der Waals surface area contributed by atoms with Crippen molar-refractivity contribution in [3.8, 4) is 5.82 Å². The van der Waals surface area contributed by atoms with Crippen molar-refractivity contribution in [3.63, 3.8) is 0 Å². The van der Waals surface area contributed by atoms with Crippen LogP contribution < -0.4 is 10.6 Å². The van der Waals surface area contributed by atoms with E-state index >= 15 is 0 Å². The lowest BCUT2D eigenvalue weighted by atomic mass is 10.2. The first-order chi connectivity index (χ1) is 11.2. The number of hydrogen-bond acceptors (Lipinski definition) is 6. The van der Waals surface area contributed by atoms with E-state index in [0.717, 1.165) is 12.8 Å². The Labute approximate surface area is 134 Å². The topological polar surface area (TPSA) is 94.0 Å². The number of nitrogens with one attached hydrogen (secondary N) is 2. The zero-order chi connectivity index (χ0) is 16.1. The van der Waals surface area contributed by atoms with Crippen molar-refractivity contribution in [1.82, 2.24) is 25.1 Å². The fraction of sp³-hybridized carbons (Fsp3) is 0.467. The molecular formula is C15H20N6O2. The average molecular weight is 316 g/mol. The number of aromatic nitrogens is 4. The second kappa shape index (κ2) is 7.19. The van der Waals surface area contributed by atoms with Gasteiger partial charge in [0.1, 0.15) is 17.7 Å². The first kappa shape index (κ1) is 15.4. The molecule has 1 aliphatic rings. The molecule has 0 aliphatic carbocycles. The molecule has 0 bridgehead atoms. The zero-order valence-electron chi connectivity index (χ0n) is 13.0. The number of aryl methyl sites for hydroxylation is 1. The summed E-state index contributed by atoms with van der Waals surface area (Å²) in [6, 6.07) is 3.66. The Morgan fingerprint density at radius 2 is 2.35 bits per heavy atom. The zero-order valence-corrected chi connectivity index (χ0v) is 13.0. The summed E-state index contributed by atoms with van der Waals surface area (Å²) in [7, 11) is 0. The van der Waals surface area contributed by atoms with Gasteiger partial charge < -0.3 is 15.4 Å². The highest BCUT2D eigenvalue weighted by Crippen LogP contribution is 2.12. The summed E-state index contributed by atoms with van der Waals surface area (Å²) >= 11 is 0. The molecule has 8 nitrogen and oxygen atoms in total. The maximum Gasteiger partial charge on any atom is 0.249 e. The van der Waals surface area contributed by atoms with Gasteiger partial charge in [0.2, 0.25) is 5.91 Å². The second-order valence-electron chi connectivity index (χ2n) is 5.33. The lowest BCUT2D eigenvalue weighted by Crippen LogP contribution is -2.36. The summed E-state index contributed by atoms with van der Waals surface area (Å²) in [5.74, 6) is 2.02. The van der Waals surface area contributed by atoms with E-state index in [1.807, 2.05) is 25.3 Å². The van der Waals surface area contributed by atoms with Crippen LogP contribution in [0.1, 0.15) is 18.7 Å². The molecule has 1 aliphatic heterocycles.